The molecule has 0 aliphatic carbocycles. The summed E-state index contributed by atoms with van der Waals surface area (Å²) in [5.74, 6) is -0.607. The van der Waals surface area contributed by atoms with Crippen LogP contribution in [0.5, 0.6) is 0 Å². The molecule has 0 aromatic heterocycles. The number of carbonyl (C=O) groups excluding carboxylic acids is 2. The van der Waals surface area contributed by atoms with Crippen molar-refractivity contribution in [2.75, 3.05) is 6.54 Å². The van der Waals surface area contributed by atoms with Gasteiger partial charge in [-0.05, 0) is 12.8 Å². The number of amides is 2. The molecular formula is C8H13N3O2. The van der Waals surface area contributed by atoms with Gasteiger partial charge in [0, 0.05) is 13.0 Å². The Morgan fingerprint density at radius 3 is 2.62 bits per heavy atom. The Hall–Kier alpha value is -1.57. The predicted octanol–water partition coefficient (Wildman–Crippen LogP) is -0.328. The topological polar surface area (TPSA) is 96.0 Å². The number of nitrogens with zero attached hydrogens (tertiary/aromatic N) is 1. The molecule has 0 rings (SSSR count). The van der Waals surface area contributed by atoms with E-state index in [9.17, 15) is 9.59 Å². The molecule has 3 N–H and O–H groups in total. The lowest BCUT2D eigenvalue weighted by molar-refractivity contribution is -0.120. The zero-order chi connectivity index (χ0) is 10.1. The quantitative estimate of drug-likeness (QED) is 0.552. The maximum Gasteiger partial charge on any atom is 0.234 e. The Balaban J connectivity index is 3.22. The zero-order valence-electron chi connectivity index (χ0n) is 7.38. The highest BCUT2D eigenvalue weighted by Crippen LogP contribution is 1.92. The maximum atomic E-state index is 10.7. The van der Waals surface area contributed by atoms with Crippen molar-refractivity contribution in [3.05, 3.63) is 0 Å². The first kappa shape index (κ1) is 11.4. The minimum Gasteiger partial charge on any atom is -0.370 e. The van der Waals surface area contributed by atoms with Crippen molar-refractivity contribution in [2.24, 2.45) is 5.73 Å². The van der Waals surface area contributed by atoms with E-state index in [0.717, 1.165) is 0 Å². The van der Waals surface area contributed by atoms with Crippen molar-refractivity contribution < 1.29 is 9.59 Å². The molecule has 0 aliphatic heterocycles. The summed E-state index contributed by atoms with van der Waals surface area (Å²) in [5.41, 5.74) is 4.91. The Labute approximate surface area is 76.9 Å². The highest BCUT2D eigenvalue weighted by molar-refractivity contribution is 5.77. The molecule has 0 aliphatic rings. The van der Waals surface area contributed by atoms with Gasteiger partial charge in [-0.3, -0.25) is 9.59 Å². The standard InChI is InChI=1S/C8H13N3O2/c9-5-4-8(13)11-6-2-1-3-7(10)12/h1-4,6H2,(H2,10,12)(H,11,13). The number of nitriles is 1. The number of unbranched alkanes of at least 4 members (excludes halogenated alkanes) is 1. The van der Waals surface area contributed by atoms with Gasteiger partial charge in [0.05, 0.1) is 6.07 Å². The normalized spacial score (nSPS) is 8.85. The van der Waals surface area contributed by atoms with Crippen molar-refractivity contribution in [2.45, 2.75) is 25.7 Å². The van der Waals surface area contributed by atoms with Crippen LogP contribution in [0.1, 0.15) is 25.7 Å². The van der Waals surface area contributed by atoms with Gasteiger partial charge in [0.2, 0.25) is 11.8 Å². The van der Waals surface area contributed by atoms with E-state index in [1.54, 1.807) is 6.07 Å². The van der Waals surface area contributed by atoms with Crippen molar-refractivity contribution in [1.29, 1.82) is 5.26 Å². The second kappa shape index (κ2) is 7.10. The molecule has 13 heavy (non-hydrogen) atoms. The molecule has 0 fully saturated rings. The summed E-state index contributed by atoms with van der Waals surface area (Å²) in [7, 11) is 0. The van der Waals surface area contributed by atoms with E-state index in [1.165, 1.54) is 0 Å². The molecule has 0 unspecified atom stereocenters. The van der Waals surface area contributed by atoms with E-state index < -0.39 is 0 Å². The molecule has 0 radical (unpaired) electrons. The summed E-state index contributed by atoms with van der Waals surface area (Å²) in [5, 5.41) is 10.7. The van der Waals surface area contributed by atoms with Gasteiger partial charge in [-0.15, -0.1) is 0 Å². The minimum atomic E-state index is -0.330. The number of nitrogens with one attached hydrogen (secondary N) is 1. The molecule has 0 aromatic carbocycles. The molecule has 0 atom stereocenters. The van der Waals surface area contributed by atoms with Crippen LogP contribution in [0.2, 0.25) is 0 Å². The Morgan fingerprint density at radius 1 is 1.38 bits per heavy atom. The van der Waals surface area contributed by atoms with Crippen LogP contribution in [-0.4, -0.2) is 18.4 Å². The van der Waals surface area contributed by atoms with Gasteiger partial charge in [0.25, 0.3) is 0 Å². The lowest BCUT2D eigenvalue weighted by Gasteiger charge is -2.00. The highest BCUT2D eigenvalue weighted by atomic mass is 16.1. The van der Waals surface area contributed by atoms with Crippen LogP contribution < -0.4 is 11.1 Å². The van der Waals surface area contributed by atoms with E-state index in [2.05, 4.69) is 5.32 Å². The minimum absolute atomic E-state index is 0.115. The van der Waals surface area contributed by atoms with Gasteiger partial charge in [0.15, 0.2) is 0 Å². The average Bonchev–Trinajstić information content (AvgIpc) is 2.03. The van der Waals surface area contributed by atoms with Crippen LogP contribution in [0.15, 0.2) is 0 Å². The van der Waals surface area contributed by atoms with Gasteiger partial charge in [-0.25, -0.2) is 0 Å². The third-order valence-corrected chi connectivity index (χ3v) is 1.41. The fourth-order valence-corrected chi connectivity index (χ4v) is 0.786. The van der Waals surface area contributed by atoms with Crippen LogP contribution in [0, 0.1) is 11.3 Å². The van der Waals surface area contributed by atoms with Gasteiger partial charge in [-0.1, -0.05) is 0 Å². The first-order valence-electron chi connectivity index (χ1n) is 4.08. The fourth-order valence-electron chi connectivity index (χ4n) is 0.786. The third kappa shape index (κ3) is 8.34. The van der Waals surface area contributed by atoms with E-state index in [-0.39, 0.29) is 18.2 Å². The highest BCUT2D eigenvalue weighted by Gasteiger charge is 1.98. The smallest absolute Gasteiger partial charge is 0.234 e. The Morgan fingerprint density at radius 2 is 2.08 bits per heavy atom. The molecule has 0 heterocycles. The molecule has 0 bridgehead atoms. The summed E-state index contributed by atoms with van der Waals surface area (Å²) in [6, 6.07) is 1.74. The molecule has 0 saturated heterocycles. The van der Waals surface area contributed by atoms with Gasteiger partial charge < -0.3 is 11.1 Å². The van der Waals surface area contributed by atoms with Gasteiger partial charge in [0.1, 0.15) is 6.42 Å². The van der Waals surface area contributed by atoms with E-state index in [1.807, 2.05) is 0 Å². The van der Waals surface area contributed by atoms with Crippen LogP contribution >= 0.6 is 0 Å². The van der Waals surface area contributed by atoms with Crippen molar-refractivity contribution in [1.82, 2.24) is 5.32 Å². The van der Waals surface area contributed by atoms with Gasteiger partial charge >= 0.3 is 0 Å². The first-order valence-corrected chi connectivity index (χ1v) is 4.08. The molecule has 2 amide bonds. The third-order valence-electron chi connectivity index (χ3n) is 1.41. The van der Waals surface area contributed by atoms with Crippen LogP contribution in [-0.2, 0) is 9.59 Å². The number of nitrogens with two attached hydrogens (primary N) is 1. The van der Waals surface area contributed by atoms with Gasteiger partial charge in [-0.2, -0.15) is 5.26 Å². The number of hydrogen-bond donors (Lipinski definition) is 2. The summed E-state index contributed by atoms with van der Waals surface area (Å²) in [6.07, 6.45) is 1.60. The summed E-state index contributed by atoms with van der Waals surface area (Å²) in [4.78, 5) is 21.0. The SMILES string of the molecule is N#CCC(=O)NCCCCC(N)=O. The fraction of sp³-hybridized carbons (Fsp3) is 0.625. The molecule has 0 spiro atoms. The summed E-state index contributed by atoms with van der Waals surface area (Å²) in [6.45, 7) is 0.494. The molecule has 0 aromatic rings. The largest absolute Gasteiger partial charge is 0.370 e. The van der Waals surface area contributed by atoms with Crippen LogP contribution in [0.3, 0.4) is 0 Å². The molecule has 5 heteroatoms. The molecule has 0 saturated carbocycles. The second-order valence-electron chi connectivity index (χ2n) is 2.61. The zero-order valence-corrected chi connectivity index (χ0v) is 7.38. The first-order chi connectivity index (χ1) is 6.16. The molecule has 5 nitrogen and oxygen atoms in total. The Bertz CT molecular complexity index is 220. The molecular weight excluding hydrogens is 170 g/mol. The van der Waals surface area contributed by atoms with E-state index in [4.69, 9.17) is 11.0 Å². The van der Waals surface area contributed by atoms with E-state index >= 15 is 0 Å². The number of primary amides is 1. The van der Waals surface area contributed by atoms with Crippen molar-refractivity contribution in [3.63, 3.8) is 0 Å². The van der Waals surface area contributed by atoms with Crippen molar-refractivity contribution >= 4 is 11.8 Å². The second-order valence-corrected chi connectivity index (χ2v) is 2.61. The number of carbonyl (C=O) groups is 2. The molecule has 72 valence electrons. The van der Waals surface area contributed by atoms with Crippen LogP contribution in [0.25, 0.3) is 0 Å². The summed E-state index contributed by atoms with van der Waals surface area (Å²) >= 11 is 0. The number of hydrogen-bond acceptors (Lipinski definition) is 3. The average molecular weight is 183 g/mol. The lowest BCUT2D eigenvalue weighted by atomic mass is 10.2. The lowest BCUT2D eigenvalue weighted by Crippen LogP contribution is -2.23. The predicted molar refractivity (Wildman–Crippen MR) is 46.3 cm³/mol. The maximum absolute atomic E-state index is 10.7. The Kier molecular flexibility index (Phi) is 6.24. The monoisotopic (exact) mass is 183 g/mol. The van der Waals surface area contributed by atoms with Crippen LogP contribution in [0.4, 0.5) is 0 Å². The van der Waals surface area contributed by atoms with E-state index in [0.29, 0.717) is 25.8 Å². The number of rotatable bonds is 6. The summed E-state index contributed by atoms with van der Waals surface area (Å²) < 4.78 is 0. The van der Waals surface area contributed by atoms with Crippen molar-refractivity contribution in [3.8, 4) is 6.07 Å².